The number of pyridine rings is 1. The van der Waals surface area contributed by atoms with Crippen molar-refractivity contribution in [3.05, 3.63) is 64.5 Å². The number of carbonyl (C=O) groups excluding carboxylic acids is 2. The van der Waals surface area contributed by atoms with E-state index in [2.05, 4.69) is 43.2 Å². The normalized spacial score (nSPS) is 16.6. The molecular formula is C22H27N3O2. The largest absolute Gasteiger partial charge is 0.355 e. The van der Waals surface area contributed by atoms with E-state index in [1.807, 2.05) is 12.1 Å². The zero-order valence-corrected chi connectivity index (χ0v) is 16.3. The number of carbonyl (C=O) groups is 2. The smallest absolute Gasteiger partial charge is 0.225 e. The Labute approximate surface area is 160 Å². The summed E-state index contributed by atoms with van der Waals surface area (Å²) in [5.74, 6) is -0.250. The maximum absolute atomic E-state index is 12.5. The second kappa shape index (κ2) is 8.33. The quantitative estimate of drug-likeness (QED) is 0.856. The Morgan fingerprint density at radius 2 is 1.85 bits per heavy atom. The minimum absolute atomic E-state index is 0.0250. The number of aromatic nitrogens is 1. The first-order chi connectivity index (χ1) is 12.9. The second-order valence-electron chi connectivity index (χ2n) is 7.45. The molecule has 0 spiro atoms. The summed E-state index contributed by atoms with van der Waals surface area (Å²) in [7, 11) is 0. The lowest BCUT2D eigenvalue weighted by molar-refractivity contribution is -0.129. The predicted octanol–water partition coefficient (Wildman–Crippen LogP) is 2.71. The Morgan fingerprint density at radius 1 is 1.19 bits per heavy atom. The van der Waals surface area contributed by atoms with Gasteiger partial charge in [-0.3, -0.25) is 14.6 Å². The average molecular weight is 365 g/mol. The van der Waals surface area contributed by atoms with Crippen molar-refractivity contribution in [1.82, 2.24) is 15.2 Å². The highest BCUT2D eigenvalue weighted by Gasteiger charge is 2.34. The zero-order valence-electron chi connectivity index (χ0n) is 16.3. The molecule has 0 saturated carbocycles. The number of aryl methyl sites for hydroxylation is 3. The Bertz CT molecular complexity index is 810. The van der Waals surface area contributed by atoms with E-state index < -0.39 is 0 Å². The van der Waals surface area contributed by atoms with Gasteiger partial charge in [-0.1, -0.05) is 17.7 Å². The summed E-state index contributed by atoms with van der Waals surface area (Å²) in [6.07, 6.45) is 4.54. The summed E-state index contributed by atoms with van der Waals surface area (Å²) in [4.78, 5) is 30.5. The summed E-state index contributed by atoms with van der Waals surface area (Å²) in [5.41, 5.74) is 6.12. The summed E-state index contributed by atoms with van der Waals surface area (Å²) >= 11 is 0. The minimum atomic E-state index is -0.264. The minimum Gasteiger partial charge on any atom is -0.355 e. The molecule has 1 aromatic carbocycles. The highest BCUT2D eigenvalue weighted by Crippen LogP contribution is 2.21. The first kappa shape index (κ1) is 19.1. The van der Waals surface area contributed by atoms with Crippen LogP contribution in [0.25, 0.3) is 0 Å². The molecule has 2 aromatic rings. The van der Waals surface area contributed by atoms with Crippen molar-refractivity contribution in [1.29, 1.82) is 0 Å². The van der Waals surface area contributed by atoms with E-state index in [0.717, 1.165) is 12.0 Å². The highest BCUT2D eigenvalue weighted by molar-refractivity contribution is 5.89. The molecule has 0 bridgehead atoms. The van der Waals surface area contributed by atoms with Crippen LogP contribution in [0.15, 0.2) is 36.7 Å². The number of nitrogens with one attached hydrogen (secondary N) is 1. The van der Waals surface area contributed by atoms with Gasteiger partial charge in [0.05, 0.1) is 5.92 Å². The SMILES string of the molecule is Cc1cc(C)c(CCNC(=O)[C@H]2CC(=O)N(Cc3ccncc3)C2)c(C)c1. The van der Waals surface area contributed by atoms with Gasteiger partial charge in [-0.25, -0.2) is 0 Å². The fourth-order valence-corrected chi connectivity index (χ4v) is 3.87. The number of hydrogen-bond donors (Lipinski definition) is 1. The van der Waals surface area contributed by atoms with Gasteiger partial charge in [-0.05, 0) is 61.6 Å². The van der Waals surface area contributed by atoms with Gasteiger partial charge < -0.3 is 10.2 Å². The van der Waals surface area contributed by atoms with Gasteiger partial charge in [0.2, 0.25) is 11.8 Å². The predicted molar refractivity (Wildman–Crippen MR) is 105 cm³/mol. The van der Waals surface area contributed by atoms with Crippen LogP contribution in [-0.2, 0) is 22.6 Å². The van der Waals surface area contributed by atoms with Crippen molar-refractivity contribution in [3.8, 4) is 0 Å². The lowest BCUT2D eigenvalue weighted by atomic mass is 9.97. The lowest BCUT2D eigenvalue weighted by Gasteiger charge is -2.17. The molecule has 2 amide bonds. The van der Waals surface area contributed by atoms with Crippen LogP contribution in [-0.4, -0.2) is 34.8 Å². The van der Waals surface area contributed by atoms with E-state index in [1.165, 1.54) is 22.3 Å². The van der Waals surface area contributed by atoms with Crippen LogP contribution in [0, 0.1) is 26.7 Å². The monoisotopic (exact) mass is 365 g/mol. The number of nitrogens with zero attached hydrogens (tertiary/aromatic N) is 2. The number of benzene rings is 1. The summed E-state index contributed by atoms with van der Waals surface area (Å²) in [5, 5.41) is 3.02. The third-order valence-corrected chi connectivity index (χ3v) is 5.22. The first-order valence-corrected chi connectivity index (χ1v) is 9.45. The number of amides is 2. The Morgan fingerprint density at radius 3 is 2.52 bits per heavy atom. The molecule has 5 nitrogen and oxygen atoms in total. The van der Waals surface area contributed by atoms with Crippen molar-refractivity contribution in [2.75, 3.05) is 13.1 Å². The van der Waals surface area contributed by atoms with E-state index in [-0.39, 0.29) is 17.7 Å². The van der Waals surface area contributed by atoms with Gasteiger partial charge in [-0.2, -0.15) is 0 Å². The van der Waals surface area contributed by atoms with Gasteiger partial charge in [0.1, 0.15) is 0 Å². The van der Waals surface area contributed by atoms with Crippen molar-refractivity contribution in [3.63, 3.8) is 0 Å². The van der Waals surface area contributed by atoms with Crippen LogP contribution in [0.5, 0.6) is 0 Å². The van der Waals surface area contributed by atoms with Crippen molar-refractivity contribution in [2.45, 2.75) is 40.2 Å². The molecule has 0 unspecified atom stereocenters. The van der Waals surface area contributed by atoms with E-state index in [9.17, 15) is 9.59 Å². The fraction of sp³-hybridized carbons (Fsp3) is 0.409. The van der Waals surface area contributed by atoms with Gasteiger partial charge in [0.25, 0.3) is 0 Å². The van der Waals surface area contributed by atoms with Crippen molar-refractivity contribution >= 4 is 11.8 Å². The third-order valence-electron chi connectivity index (χ3n) is 5.22. The maximum Gasteiger partial charge on any atom is 0.225 e. The molecule has 1 atom stereocenters. The molecule has 2 heterocycles. The molecule has 142 valence electrons. The van der Waals surface area contributed by atoms with E-state index >= 15 is 0 Å². The molecule has 1 N–H and O–H groups in total. The van der Waals surface area contributed by atoms with Gasteiger partial charge in [-0.15, -0.1) is 0 Å². The molecule has 27 heavy (non-hydrogen) atoms. The van der Waals surface area contributed by atoms with E-state index in [0.29, 0.717) is 26.1 Å². The summed E-state index contributed by atoms with van der Waals surface area (Å²) < 4.78 is 0. The lowest BCUT2D eigenvalue weighted by Crippen LogP contribution is -2.34. The molecule has 1 aromatic heterocycles. The van der Waals surface area contributed by atoms with Gasteiger partial charge in [0.15, 0.2) is 0 Å². The highest BCUT2D eigenvalue weighted by atomic mass is 16.2. The van der Waals surface area contributed by atoms with Gasteiger partial charge >= 0.3 is 0 Å². The molecule has 0 radical (unpaired) electrons. The molecule has 0 aliphatic carbocycles. The number of hydrogen-bond acceptors (Lipinski definition) is 3. The Balaban J connectivity index is 1.51. The van der Waals surface area contributed by atoms with Crippen LogP contribution in [0.2, 0.25) is 0 Å². The molecular weight excluding hydrogens is 338 g/mol. The molecule has 1 aliphatic heterocycles. The number of likely N-dealkylation sites (tertiary alicyclic amines) is 1. The maximum atomic E-state index is 12.5. The molecule has 1 fully saturated rings. The van der Waals surface area contributed by atoms with Crippen LogP contribution >= 0.6 is 0 Å². The van der Waals surface area contributed by atoms with Crippen molar-refractivity contribution < 1.29 is 9.59 Å². The number of rotatable bonds is 6. The zero-order chi connectivity index (χ0) is 19.4. The standard InChI is InChI=1S/C22H27N3O2/c1-15-10-16(2)20(17(3)11-15)6-9-24-22(27)19-12-21(26)25(14-19)13-18-4-7-23-8-5-18/h4-5,7-8,10-11,19H,6,9,12-14H2,1-3H3,(H,24,27)/t19-/m0/s1. The van der Waals surface area contributed by atoms with Crippen LogP contribution < -0.4 is 5.32 Å². The average Bonchev–Trinajstić information content (AvgIpc) is 2.98. The molecule has 3 rings (SSSR count). The third kappa shape index (κ3) is 4.73. The molecule has 1 saturated heterocycles. The van der Waals surface area contributed by atoms with Crippen molar-refractivity contribution in [2.24, 2.45) is 5.92 Å². The van der Waals surface area contributed by atoms with Crippen LogP contribution in [0.4, 0.5) is 0 Å². The van der Waals surface area contributed by atoms with E-state index in [4.69, 9.17) is 0 Å². The Hall–Kier alpha value is -2.69. The first-order valence-electron chi connectivity index (χ1n) is 9.45. The molecule has 1 aliphatic rings. The fourth-order valence-electron chi connectivity index (χ4n) is 3.87. The topological polar surface area (TPSA) is 62.3 Å². The van der Waals surface area contributed by atoms with Gasteiger partial charge in [0, 0.05) is 38.4 Å². The molecule has 5 heteroatoms. The summed E-state index contributed by atoms with van der Waals surface area (Å²) in [6.45, 7) is 7.94. The van der Waals surface area contributed by atoms with Crippen LogP contribution in [0.1, 0.15) is 34.2 Å². The van der Waals surface area contributed by atoms with E-state index in [1.54, 1.807) is 17.3 Å². The summed E-state index contributed by atoms with van der Waals surface area (Å²) in [6, 6.07) is 8.15. The van der Waals surface area contributed by atoms with Crippen LogP contribution in [0.3, 0.4) is 0 Å². The second-order valence-corrected chi connectivity index (χ2v) is 7.45. The Kier molecular flexibility index (Phi) is 5.89.